The summed E-state index contributed by atoms with van der Waals surface area (Å²) in [5.74, 6) is 1.87. The van der Waals surface area contributed by atoms with Crippen molar-refractivity contribution in [3.05, 3.63) is 82.8 Å². The van der Waals surface area contributed by atoms with Crippen molar-refractivity contribution in [1.82, 2.24) is 29.8 Å². The molecule has 232 valence electrons. The number of morpholine rings is 1. The van der Waals surface area contributed by atoms with Crippen LogP contribution in [0.1, 0.15) is 48.2 Å². The molecule has 0 unspecified atom stereocenters. The van der Waals surface area contributed by atoms with Crippen LogP contribution in [0.4, 0.5) is 5.82 Å². The van der Waals surface area contributed by atoms with Gasteiger partial charge in [-0.25, -0.2) is 9.50 Å². The minimum Gasteiger partial charge on any atom is -0.492 e. The van der Waals surface area contributed by atoms with Gasteiger partial charge in [-0.15, -0.1) is 0 Å². The zero-order valence-corrected chi connectivity index (χ0v) is 26.3. The average Bonchev–Trinajstić information content (AvgIpc) is 3.47. The monoisotopic (exact) mass is 626 g/mol. The number of fused-ring (bicyclic) bond motifs is 1. The van der Waals surface area contributed by atoms with Crippen molar-refractivity contribution in [1.29, 1.82) is 5.26 Å². The van der Waals surface area contributed by atoms with Gasteiger partial charge in [0.1, 0.15) is 36.3 Å². The normalized spacial score (nSPS) is 17.6. The summed E-state index contributed by atoms with van der Waals surface area (Å²) in [4.78, 5) is 27.0. The average molecular weight is 627 g/mol. The van der Waals surface area contributed by atoms with Gasteiger partial charge in [-0.05, 0) is 50.9 Å². The minimum atomic E-state index is -0.374. The third-order valence-corrected chi connectivity index (χ3v) is 8.84. The number of aromatic nitrogens is 4. The molecular weight excluding hydrogens is 592 g/mol. The Morgan fingerprint density at radius 3 is 2.76 bits per heavy atom. The summed E-state index contributed by atoms with van der Waals surface area (Å²) in [7, 11) is 0. The number of halogens is 1. The van der Waals surface area contributed by atoms with Gasteiger partial charge in [-0.2, -0.15) is 10.4 Å². The van der Waals surface area contributed by atoms with Crippen LogP contribution in [0.25, 0.3) is 16.8 Å². The molecule has 6 rings (SSSR count). The largest absolute Gasteiger partial charge is 0.492 e. The molecule has 4 aromatic rings. The predicted molar refractivity (Wildman–Crippen MR) is 171 cm³/mol. The zero-order valence-electron chi connectivity index (χ0n) is 25.6. The molecule has 45 heavy (non-hydrogen) atoms. The van der Waals surface area contributed by atoms with Crippen LogP contribution in [-0.2, 0) is 4.74 Å². The molecule has 0 atom stereocenters. The van der Waals surface area contributed by atoms with Gasteiger partial charge in [0.25, 0.3) is 5.91 Å². The number of carbonyl (C=O) groups is 1. The number of rotatable bonds is 7. The smallest absolute Gasteiger partial charge is 0.253 e. The van der Waals surface area contributed by atoms with Crippen LogP contribution >= 0.6 is 11.6 Å². The van der Waals surface area contributed by atoms with Gasteiger partial charge >= 0.3 is 0 Å². The molecule has 3 aromatic heterocycles. The van der Waals surface area contributed by atoms with Crippen molar-refractivity contribution >= 4 is 28.8 Å². The lowest BCUT2D eigenvalue weighted by molar-refractivity contribution is 0.0891. The number of nitrogens with zero attached hydrogens (tertiary/aromatic N) is 7. The van der Waals surface area contributed by atoms with E-state index in [1.807, 2.05) is 25.1 Å². The van der Waals surface area contributed by atoms with E-state index in [0.29, 0.717) is 64.9 Å². The highest BCUT2D eigenvalue weighted by molar-refractivity contribution is 6.34. The number of amides is 1. The number of aryl methyl sites for hydroxylation is 1. The van der Waals surface area contributed by atoms with E-state index >= 15 is 0 Å². The Kier molecular flexibility index (Phi) is 8.61. The molecule has 2 aliphatic heterocycles. The molecule has 0 bridgehead atoms. The first-order chi connectivity index (χ1) is 21.8. The van der Waals surface area contributed by atoms with Crippen molar-refractivity contribution in [3.63, 3.8) is 0 Å². The van der Waals surface area contributed by atoms with E-state index in [0.717, 1.165) is 43.1 Å². The van der Waals surface area contributed by atoms with Crippen LogP contribution < -0.4 is 15.0 Å². The molecule has 0 saturated carbocycles. The lowest BCUT2D eigenvalue weighted by atomic mass is 9.89. The number of pyridine rings is 1. The SMILES string of the molecule is CCN1CCO/C(=C/Oc2cc(-c3cnc(N4CCC(C)(NC(=O)c5c(C)cccc5Cl)CC4)cn3)c3c(C#N)cnn3c2)C1. The Balaban J connectivity index is 1.18. The second-order valence-corrected chi connectivity index (χ2v) is 12.1. The van der Waals surface area contributed by atoms with E-state index < -0.39 is 0 Å². The Hall–Kier alpha value is -4.66. The van der Waals surface area contributed by atoms with Crippen LogP contribution in [0.15, 0.2) is 61.1 Å². The van der Waals surface area contributed by atoms with E-state index in [-0.39, 0.29) is 11.4 Å². The molecule has 1 amide bonds. The maximum Gasteiger partial charge on any atom is 0.253 e. The first-order valence-electron chi connectivity index (χ1n) is 15.0. The molecule has 0 aliphatic carbocycles. The number of anilines is 1. The van der Waals surface area contributed by atoms with Gasteiger partial charge in [0.2, 0.25) is 0 Å². The Labute approximate surface area is 267 Å². The van der Waals surface area contributed by atoms with Crippen LogP contribution in [0.2, 0.25) is 5.02 Å². The number of benzene rings is 1. The zero-order chi connectivity index (χ0) is 31.6. The molecule has 5 heterocycles. The lowest BCUT2D eigenvalue weighted by Crippen LogP contribution is -2.53. The van der Waals surface area contributed by atoms with Crippen LogP contribution in [0.3, 0.4) is 0 Å². The van der Waals surface area contributed by atoms with Gasteiger partial charge in [-0.3, -0.25) is 14.7 Å². The van der Waals surface area contributed by atoms with Gasteiger partial charge in [0, 0.05) is 30.7 Å². The van der Waals surface area contributed by atoms with Crippen LogP contribution in [-0.4, -0.2) is 75.3 Å². The van der Waals surface area contributed by atoms with E-state index in [2.05, 4.69) is 40.1 Å². The highest BCUT2D eigenvalue weighted by Crippen LogP contribution is 2.32. The van der Waals surface area contributed by atoms with Crippen molar-refractivity contribution in [2.45, 2.75) is 39.2 Å². The van der Waals surface area contributed by atoms with Crippen molar-refractivity contribution < 1.29 is 14.3 Å². The fourth-order valence-electron chi connectivity index (χ4n) is 5.80. The summed E-state index contributed by atoms with van der Waals surface area (Å²) in [6.45, 7) is 10.6. The van der Waals surface area contributed by atoms with Crippen LogP contribution in [0.5, 0.6) is 5.75 Å². The highest BCUT2D eigenvalue weighted by atomic mass is 35.5. The van der Waals surface area contributed by atoms with Crippen molar-refractivity contribution in [2.24, 2.45) is 0 Å². The lowest BCUT2D eigenvalue weighted by Gasteiger charge is -2.40. The highest BCUT2D eigenvalue weighted by Gasteiger charge is 2.33. The van der Waals surface area contributed by atoms with E-state index in [9.17, 15) is 10.1 Å². The van der Waals surface area contributed by atoms with Gasteiger partial charge in [0.05, 0.1) is 58.7 Å². The molecule has 0 radical (unpaired) electrons. The molecule has 0 spiro atoms. The number of nitrogens with one attached hydrogen (secondary N) is 1. The third kappa shape index (κ3) is 6.43. The first kappa shape index (κ1) is 30.4. The summed E-state index contributed by atoms with van der Waals surface area (Å²) >= 11 is 6.34. The molecule has 1 N–H and O–H groups in total. The molecule has 2 saturated heterocycles. The van der Waals surface area contributed by atoms with Crippen molar-refractivity contribution in [2.75, 3.05) is 44.2 Å². The summed E-state index contributed by atoms with van der Waals surface area (Å²) in [6.07, 6.45) is 9.81. The first-order valence-corrected chi connectivity index (χ1v) is 15.4. The standard InChI is InChI=1S/C33H35ClN8O3/c1-4-40-12-13-44-25(19-40)21-45-24-14-26(31-23(15-35)16-38-42(31)20-24)28-17-37-29(18-36-28)41-10-8-33(3,9-11-41)39-32(43)30-22(2)6-5-7-27(30)34/h5-7,14,16-18,20-21H,4,8-13,19H2,1-3H3,(H,39,43)/b25-21+. The summed E-state index contributed by atoms with van der Waals surface area (Å²) < 4.78 is 13.4. The number of hydrogen-bond donors (Lipinski definition) is 1. The van der Waals surface area contributed by atoms with Gasteiger partial charge in [-0.1, -0.05) is 30.7 Å². The maximum atomic E-state index is 13.1. The van der Waals surface area contributed by atoms with Gasteiger partial charge in [0.15, 0.2) is 0 Å². The fourth-order valence-corrected chi connectivity index (χ4v) is 6.11. The number of ether oxygens (including phenoxy) is 2. The van der Waals surface area contributed by atoms with E-state index in [1.54, 1.807) is 35.4 Å². The van der Waals surface area contributed by atoms with E-state index in [4.69, 9.17) is 31.0 Å². The number of carbonyl (C=O) groups excluding carboxylic acids is 1. The maximum absolute atomic E-state index is 13.1. The number of likely N-dealkylation sites (N-methyl/N-ethyl adjacent to an activating group) is 1. The fraction of sp³-hybridized carbons (Fsp3) is 0.364. The molecule has 2 fully saturated rings. The van der Waals surface area contributed by atoms with Crippen molar-refractivity contribution in [3.8, 4) is 23.1 Å². The van der Waals surface area contributed by atoms with Crippen LogP contribution in [0, 0.1) is 18.3 Å². The van der Waals surface area contributed by atoms with Gasteiger partial charge < -0.3 is 19.7 Å². The van der Waals surface area contributed by atoms with E-state index in [1.165, 1.54) is 6.20 Å². The number of hydrogen-bond acceptors (Lipinski definition) is 9. The predicted octanol–water partition coefficient (Wildman–Crippen LogP) is 4.99. The second-order valence-electron chi connectivity index (χ2n) is 11.7. The molecular formula is C33H35ClN8O3. The number of piperidine rings is 1. The molecule has 2 aliphatic rings. The summed E-state index contributed by atoms with van der Waals surface area (Å²) in [5.41, 5.74) is 3.33. The molecule has 11 nitrogen and oxygen atoms in total. The quantitative estimate of drug-likeness (QED) is 0.283. The summed E-state index contributed by atoms with van der Waals surface area (Å²) in [5, 5.41) is 17.8. The Bertz CT molecular complexity index is 1770. The number of nitriles is 1. The third-order valence-electron chi connectivity index (χ3n) is 8.52. The topological polar surface area (TPSA) is 121 Å². The molecule has 1 aromatic carbocycles. The molecule has 12 heteroatoms. The summed E-state index contributed by atoms with van der Waals surface area (Å²) in [6, 6.07) is 9.53. The Morgan fingerprint density at radius 1 is 1.22 bits per heavy atom. The minimum absolute atomic E-state index is 0.155. The second kappa shape index (κ2) is 12.8. The Morgan fingerprint density at radius 2 is 2.04 bits per heavy atom.